The van der Waals surface area contributed by atoms with Crippen LogP contribution in [0.25, 0.3) is 0 Å². The standard InChI is InChI=1S/C13H24O/c1-6-11(4)9-10-12(5)13(14,7-2)8-3/h7,9,12,14H,2,6,8,10H2,1,3-5H3/b11-9+. The fourth-order valence-corrected chi connectivity index (χ4v) is 1.42. The van der Waals surface area contributed by atoms with Gasteiger partial charge in [0.1, 0.15) is 0 Å². The number of hydrogen-bond acceptors (Lipinski definition) is 1. The van der Waals surface area contributed by atoms with Crippen molar-refractivity contribution in [3.05, 3.63) is 24.3 Å². The molecule has 0 fully saturated rings. The quantitative estimate of drug-likeness (QED) is 0.642. The zero-order valence-electron chi connectivity index (χ0n) is 10.0. The van der Waals surface area contributed by atoms with Gasteiger partial charge in [-0.1, -0.05) is 38.5 Å². The van der Waals surface area contributed by atoms with E-state index >= 15 is 0 Å². The van der Waals surface area contributed by atoms with E-state index in [0.29, 0.717) is 0 Å². The van der Waals surface area contributed by atoms with Crippen LogP contribution in [-0.2, 0) is 0 Å². The third-order valence-corrected chi connectivity index (χ3v) is 3.15. The summed E-state index contributed by atoms with van der Waals surface area (Å²) < 4.78 is 0. The van der Waals surface area contributed by atoms with Gasteiger partial charge in [-0.15, -0.1) is 6.58 Å². The molecule has 1 nitrogen and oxygen atoms in total. The molecule has 82 valence electrons. The monoisotopic (exact) mass is 196 g/mol. The van der Waals surface area contributed by atoms with E-state index in [2.05, 4.69) is 33.4 Å². The summed E-state index contributed by atoms with van der Waals surface area (Å²) in [5.41, 5.74) is 0.684. The molecule has 0 aromatic heterocycles. The fourth-order valence-electron chi connectivity index (χ4n) is 1.42. The Morgan fingerprint density at radius 1 is 1.50 bits per heavy atom. The normalized spacial score (nSPS) is 18.8. The minimum Gasteiger partial charge on any atom is -0.386 e. The molecule has 0 aliphatic rings. The Kier molecular flexibility index (Phi) is 5.78. The van der Waals surface area contributed by atoms with Crippen molar-refractivity contribution in [2.24, 2.45) is 5.92 Å². The predicted molar refractivity (Wildman–Crippen MR) is 63.3 cm³/mol. The van der Waals surface area contributed by atoms with Crippen LogP contribution in [0, 0.1) is 5.92 Å². The molecule has 2 atom stereocenters. The number of hydrogen-bond donors (Lipinski definition) is 1. The van der Waals surface area contributed by atoms with Crippen molar-refractivity contribution < 1.29 is 5.11 Å². The highest BCUT2D eigenvalue weighted by molar-refractivity contribution is 5.03. The van der Waals surface area contributed by atoms with Crippen molar-refractivity contribution in [2.75, 3.05) is 0 Å². The highest BCUT2D eigenvalue weighted by atomic mass is 16.3. The molecule has 0 amide bonds. The van der Waals surface area contributed by atoms with E-state index < -0.39 is 5.60 Å². The van der Waals surface area contributed by atoms with Crippen LogP contribution in [0.3, 0.4) is 0 Å². The number of allylic oxidation sites excluding steroid dienone is 2. The molecule has 0 radical (unpaired) electrons. The van der Waals surface area contributed by atoms with Gasteiger partial charge in [0.2, 0.25) is 0 Å². The molecule has 0 saturated carbocycles. The SMILES string of the molecule is C=CC(O)(CC)C(C)C/C=C(\C)CC. The average Bonchev–Trinajstić information content (AvgIpc) is 2.23. The van der Waals surface area contributed by atoms with Gasteiger partial charge in [0.05, 0.1) is 5.60 Å². The lowest BCUT2D eigenvalue weighted by Crippen LogP contribution is -2.32. The van der Waals surface area contributed by atoms with Gasteiger partial charge in [-0.25, -0.2) is 0 Å². The average molecular weight is 196 g/mol. The van der Waals surface area contributed by atoms with Crippen LogP contribution < -0.4 is 0 Å². The van der Waals surface area contributed by atoms with Gasteiger partial charge in [-0.05, 0) is 32.1 Å². The molecule has 1 heteroatoms. The van der Waals surface area contributed by atoms with E-state index in [-0.39, 0.29) is 5.92 Å². The van der Waals surface area contributed by atoms with Gasteiger partial charge >= 0.3 is 0 Å². The Morgan fingerprint density at radius 3 is 2.43 bits per heavy atom. The lowest BCUT2D eigenvalue weighted by atomic mass is 9.84. The van der Waals surface area contributed by atoms with E-state index in [9.17, 15) is 5.11 Å². The molecule has 1 N–H and O–H groups in total. The zero-order valence-corrected chi connectivity index (χ0v) is 10.0. The smallest absolute Gasteiger partial charge is 0.0850 e. The predicted octanol–water partition coefficient (Wildman–Crippen LogP) is 3.70. The lowest BCUT2D eigenvalue weighted by Gasteiger charge is -2.29. The van der Waals surface area contributed by atoms with Crippen LogP contribution in [0.4, 0.5) is 0 Å². The van der Waals surface area contributed by atoms with Crippen molar-refractivity contribution in [2.45, 2.75) is 52.6 Å². The molecule has 0 heterocycles. The molecular formula is C13H24O. The van der Waals surface area contributed by atoms with Crippen LogP contribution in [0.15, 0.2) is 24.3 Å². The van der Waals surface area contributed by atoms with Crippen LogP contribution in [-0.4, -0.2) is 10.7 Å². The first-order chi connectivity index (χ1) is 6.50. The van der Waals surface area contributed by atoms with Crippen molar-refractivity contribution in [3.8, 4) is 0 Å². The number of aliphatic hydroxyl groups is 1. The summed E-state index contributed by atoms with van der Waals surface area (Å²) in [6.07, 6.45) is 6.64. The Balaban J connectivity index is 4.32. The van der Waals surface area contributed by atoms with Gasteiger partial charge < -0.3 is 5.11 Å². The van der Waals surface area contributed by atoms with E-state index in [1.807, 2.05) is 6.92 Å². The summed E-state index contributed by atoms with van der Waals surface area (Å²) >= 11 is 0. The van der Waals surface area contributed by atoms with E-state index in [1.54, 1.807) is 6.08 Å². The topological polar surface area (TPSA) is 20.2 Å². The Bertz CT molecular complexity index is 205. The molecule has 0 aliphatic heterocycles. The molecule has 0 aliphatic carbocycles. The molecule has 0 saturated heterocycles. The molecular weight excluding hydrogens is 172 g/mol. The van der Waals surface area contributed by atoms with E-state index in [0.717, 1.165) is 19.3 Å². The second kappa shape index (κ2) is 6.02. The third kappa shape index (κ3) is 3.67. The van der Waals surface area contributed by atoms with E-state index in [4.69, 9.17) is 0 Å². The molecule has 14 heavy (non-hydrogen) atoms. The number of rotatable bonds is 6. The van der Waals surface area contributed by atoms with Gasteiger partial charge in [0.15, 0.2) is 0 Å². The van der Waals surface area contributed by atoms with Gasteiger partial charge in [-0.2, -0.15) is 0 Å². The highest BCUT2D eigenvalue weighted by Gasteiger charge is 2.27. The third-order valence-electron chi connectivity index (χ3n) is 3.15. The van der Waals surface area contributed by atoms with Crippen molar-refractivity contribution in [3.63, 3.8) is 0 Å². The summed E-state index contributed by atoms with van der Waals surface area (Å²) in [6.45, 7) is 12.0. The maximum atomic E-state index is 10.1. The zero-order chi connectivity index (χ0) is 11.2. The lowest BCUT2D eigenvalue weighted by molar-refractivity contribution is 0.0333. The largest absolute Gasteiger partial charge is 0.386 e. The first kappa shape index (κ1) is 13.4. The van der Waals surface area contributed by atoms with E-state index in [1.165, 1.54) is 5.57 Å². The summed E-state index contributed by atoms with van der Waals surface area (Å²) in [7, 11) is 0. The summed E-state index contributed by atoms with van der Waals surface area (Å²) in [5.74, 6) is 0.242. The minimum absolute atomic E-state index is 0.242. The van der Waals surface area contributed by atoms with Crippen molar-refractivity contribution >= 4 is 0 Å². The maximum Gasteiger partial charge on any atom is 0.0850 e. The molecule has 0 rings (SSSR count). The Labute approximate surface area is 88.5 Å². The van der Waals surface area contributed by atoms with Gasteiger partial charge in [-0.3, -0.25) is 0 Å². The second-order valence-electron chi connectivity index (χ2n) is 4.09. The summed E-state index contributed by atoms with van der Waals surface area (Å²) in [4.78, 5) is 0. The van der Waals surface area contributed by atoms with Crippen molar-refractivity contribution in [1.82, 2.24) is 0 Å². The molecule has 0 aromatic rings. The Hall–Kier alpha value is -0.560. The highest BCUT2D eigenvalue weighted by Crippen LogP contribution is 2.26. The van der Waals surface area contributed by atoms with Crippen LogP contribution in [0.1, 0.15) is 47.0 Å². The maximum absolute atomic E-state index is 10.1. The van der Waals surface area contributed by atoms with Crippen LogP contribution >= 0.6 is 0 Å². The van der Waals surface area contributed by atoms with Crippen LogP contribution in [0.2, 0.25) is 0 Å². The first-order valence-electron chi connectivity index (χ1n) is 5.51. The van der Waals surface area contributed by atoms with Gasteiger partial charge in [0, 0.05) is 0 Å². The molecule has 0 spiro atoms. The molecule has 2 unspecified atom stereocenters. The summed E-state index contributed by atoms with van der Waals surface area (Å²) in [5, 5.41) is 10.1. The minimum atomic E-state index is -0.704. The van der Waals surface area contributed by atoms with Gasteiger partial charge in [0.25, 0.3) is 0 Å². The second-order valence-corrected chi connectivity index (χ2v) is 4.09. The van der Waals surface area contributed by atoms with Crippen LogP contribution in [0.5, 0.6) is 0 Å². The fraction of sp³-hybridized carbons (Fsp3) is 0.692. The van der Waals surface area contributed by atoms with Crippen molar-refractivity contribution in [1.29, 1.82) is 0 Å². The molecule has 0 aromatic carbocycles. The first-order valence-corrected chi connectivity index (χ1v) is 5.51. The molecule has 0 bridgehead atoms. The Morgan fingerprint density at radius 2 is 2.07 bits per heavy atom. The summed E-state index contributed by atoms with van der Waals surface area (Å²) in [6, 6.07) is 0.